The first kappa shape index (κ1) is 18.1. The van der Waals surface area contributed by atoms with Crippen LogP contribution in [0.4, 0.5) is 0 Å². The Morgan fingerprint density at radius 1 is 1.25 bits per heavy atom. The molecular formula is C16H17ClN2O4S. The van der Waals surface area contributed by atoms with Crippen LogP contribution in [0.2, 0.25) is 5.02 Å². The third-order valence-corrected chi connectivity index (χ3v) is 4.59. The molecule has 0 spiro atoms. The molecule has 0 saturated heterocycles. The second kappa shape index (κ2) is 7.55. The van der Waals surface area contributed by atoms with Crippen molar-refractivity contribution in [3.05, 3.63) is 53.1 Å². The third kappa shape index (κ3) is 4.39. The molecule has 6 nitrogen and oxygen atoms in total. The van der Waals surface area contributed by atoms with Gasteiger partial charge in [-0.25, -0.2) is 0 Å². The molecule has 0 amide bonds. The largest absolute Gasteiger partial charge is 0.507 e. The van der Waals surface area contributed by atoms with Crippen molar-refractivity contribution in [2.45, 2.75) is 18.7 Å². The van der Waals surface area contributed by atoms with Crippen molar-refractivity contribution in [1.29, 1.82) is 0 Å². The zero-order chi connectivity index (χ0) is 17.7. The standard InChI is InChI=1S/C16H17ClN2O4S/c1-3-23-13-5-7-14(8-6-13)24(21,22)19-18-11(2)15-10-12(17)4-9-16(15)20/h4-10,19-20H,3H2,1-2H3/b18-11+. The van der Waals surface area contributed by atoms with Crippen molar-refractivity contribution in [2.75, 3.05) is 6.61 Å². The summed E-state index contributed by atoms with van der Waals surface area (Å²) in [4.78, 5) is 2.19. The maximum atomic E-state index is 12.2. The fourth-order valence-electron chi connectivity index (χ4n) is 1.92. The number of hydrogen-bond donors (Lipinski definition) is 2. The van der Waals surface area contributed by atoms with Gasteiger partial charge in [0, 0.05) is 10.6 Å². The summed E-state index contributed by atoms with van der Waals surface area (Å²) in [5.41, 5.74) is 0.626. The number of halogens is 1. The summed E-state index contributed by atoms with van der Waals surface area (Å²) < 4.78 is 29.8. The first-order valence-corrected chi connectivity index (χ1v) is 8.97. The predicted octanol–water partition coefficient (Wildman–Crippen LogP) is 3.15. The summed E-state index contributed by atoms with van der Waals surface area (Å²) in [6.45, 7) is 3.90. The van der Waals surface area contributed by atoms with E-state index in [1.165, 1.54) is 30.3 Å². The molecule has 0 fully saturated rings. The summed E-state index contributed by atoms with van der Waals surface area (Å²) in [7, 11) is -3.83. The first-order valence-electron chi connectivity index (χ1n) is 7.11. The summed E-state index contributed by atoms with van der Waals surface area (Å²) in [6.07, 6.45) is 0. The molecule has 0 bridgehead atoms. The number of nitrogens with zero attached hydrogens (tertiary/aromatic N) is 1. The van der Waals surface area contributed by atoms with Gasteiger partial charge in [-0.1, -0.05) is 11.6 Å². The molecular weight excluding hydrogens is 352 g/mol. The zero-order valence-electron chi connectivity index (χ0n) is 13.2. The van der Waals surface area contributed by atoms with E-state index in [9.17, 15) is 13.5 Å². The second-order valence-electron chi connectivity index (χ2n) is 4.86. The number of benzene rings is 2. The van der Waals surface area contributed by atoms with Crippen LogP contribution in [-0.4, -0.2) is 25.8 Å². The van der Waals surface area contributed by atoms with Crippen LogP contribution in [-0.2, 0) is 10.0 Å². The highest BCUT2D eigenvalue weighted by Gasteiger charge is 2.14. The van der Waals surface area contributed by atoms with Gasteiger partial charge in [-0.05, 0) is 56.3 Å². The Morgan fingerprint density at radius 2 is 1.92 bits per heavy atom. The minimum absolute atomic E-state index is 0.0408. The number of rotatable bonds is 6. The summed E-state index contributed by atoms with van der Waals surface area (Å²) in [6, 6.07) is 10.4. The molecule has 0 radical (unpaired) electrons. The molecule has 24 heavy (non-hydrogen) atoms. The number of phenolic OH excluding ortho intramolecular Hbond substituents is 1. The molecule has 0 aliphatic rings. The molecule has 2 N–H and O–H groups in total. The maximum Gasteiger partial charge on any atom is 0.276 e. The SMILES string of the molecule is CCOc1ccc(S(=O)(=O)N/N=C(\C)c2cc(Cl)ccc2O)cc1. The molecule has 128 valence electrons. The van der Waals surface area contributed by atoms with Gasteiger partial charge in [-0.3, -0.25) is 0 Å². The summed E-state index contributed by atoms with van der Waals surface area (Å²) >= 11 is 5.87. The molecule has 0 heterocycles. The van der Waals surface area contributed by atoms with Crippen molar-refractivity contribution >= 4 is 27.3 Å². The van der Waals surface area contributed by atoms with Crippen LogP contribution in [0.15, 0.2) is 52.5 Å². The minimum Gasteiger partial charge on any atom is -0.507 e. The van der Waals surface area contributed by atoms with E-state index in [0.717, 1.165) is 0 Å². The fourth-order valence-corrected chi connectivity index (χ4v) is 2.95. The maximum absolute atomic E-state index is 12.2. The van der Waals surface area contributed by atoms with Crippen molar-refractivity contribution in [3.8, 4) is 11.5 Å². The van der Waals surface area contributed by atoms with Gasteiger partial charge in [-0.2, -0.15) is 18.4 Å². The molecule has 2 rings (SSSR count). The lowest BCUT2D eigenvalue weighted by molar-refractivity contribution is 0.340. The van der Waals surface area contributed by atoms with Crippen molar-refractivity contribution in [2.24, 2.45) is 5.10 Å². The van der Waals surface area contributed by atoms with Crippen molar-refractivity contribution in [3.63, 3.8) is 0 Å². The molecule has 0 aliphatic carbocycles. The molecule has 2 aromatic carbocycles. The highest BCUT2D eigenvalue weighted by atomic mass is 35.5. The fraction of sp³-hybridized carbons (Fsp3) is 0.188. The zero-order valence-corrected chi connectivity index (χ0v) is 14.7. The van der Waals surface area contributed by atoms with Crippen molar-refractivity contribution < 1.29 is 18.3 Å². The Balaban J connectivity index is 2.20. The van der Waals surface area contributed by atoms with Gasteiger partial charge in [0.2, 0.25) is 0 Å². The Labute approximate surface area is 145 Å². The van der Waals surface area contributed by atoms with E-state index in [1.807, 2.05) is 6.92 Å². The normalized spacial score (nSPS) is 12.0. The quantitative estimate of drug-likeness (QED) is 0.605. The predicted molar refractivity (Wildman–Crippen MR) is 93.3 cm³/mol. The van der Waals surface area contributed by atoms with Crippen molar-refractivity contribution in [1.82, 2.24) is 4.83 Å². The number of phenols is 1. The number of aromatic hydroxyl groups is 1. The van der Waals surface area contributed by atoms with Gasteiger partial charge in [0.15, 0.2) is 0 Å². The highest BCUT2D eigenvalue weighted by Crippen LogP contribution is 2.22. The van der Waals surface area contributed by atoms with Gasteiger partial charge in [0.05, 0.1) is 17.2 Å². The third-order valence-electron chi connectivity index (χ3n) is 3.13. The molecule has 0 aliphatic heterocycles. The van der Waals surface area contributed by atoms with Crippen LogP contribution in [0, 0.1) is 0 Å². The van der Waals surface area contributed by atoms with Crippen LogP contribution in [0.5, 0.6) is 11.5 Å². The van der Waals surface area contributed by atoms with E-state index in [0.29, 0.717) is 22.9 Å². The van der Waals surface area contributed by atoms with E-state index in [-0.39, 0.29) is 16.4 Å². The average molecular weight is 369 g/mol. The van der Waals surface area contributed by atoms with Gasteiger partial charge in [0.1, 0.15) is 11.5 Å². The van der Waals surface area contributed by atoms with E-state index in [2.05, 4.69) is 9.93 Å². The first-order chi connectivity index (χ1) is 11.3. The minimum atomic E-state index is -3.83. The Hall–Kier alpha value is -2.25. The van der Waals surface area contributed by atoms with Crippen LogP contribution < -0.4 is 9.57 Å². The molecule has 0 atom stereocenters. The van der Waals surface area contributed by atoms with Crippen LogP contribution in [0.3, 0.4) is 0 Å². The lowest BCUT2D eigenvalue weighted by Crippen LogP contribution is -2.20. The highest BCUT2D eigenvalue weighted by molar-refractivity contribution is 7.89. The second-order valence-corrected chi connectivity index (χ2v) is 6.96. The smallest absolute Gasteiger partial charge is 0.276 e. The number of nitrogens with one attached hydrogen (secondary N) is 1. The number of ether oxygens (including phenoxy) is 1. The lowest BCUT2D eigenvalue weighted by atomic mass is 10.1. The summed E-state index contributed by atoms with van der Waals surface area (Å²) in [5.74, 6) is 0.542. The summed E-state index contributed by atoms with van der Waals surface area (Å²) in [5, 5.41) is 14.0. The van der Waals surface area contributed by atoms with Crippen LogP contribution in [0.25, 0.3) is 0 Å². The Kier molecular flexibility index (Phi) is 5.69. The van der Waals surface area contributed by atoms with Gasteiger partial charge >= 0.3 is 0 Å². The number of hydrogen-bond acceptors (Lipinski definition) is 5. The Bertz CT molecular complexity index is 849. The molecule has 0 aromatic heterocycles. The van der Waals surface area contributed by atoms with Crippen LogP contribution >= 0.6 is 11.6 Å². The molecule has 0 unspecified atom stereocenters. The molecule has 8 heteroatoms. The van der Waals surface area contributed by atoms with E-state index < -0.39 is 10.0 Å². The van der Waals surface area contributed by atoms with E-state index in [4.69, 9.17) is 16.3 Å². The van der Waals surface area contributed by atoms with Gasteiger partial charge < -0.3 is 9.84 Å². The van der Waals surface area contributed by atoms with Crippen LogP contribution in [0.1, 0.15) is 19.4 Å². The molecule has 2 aromatic rings. The van der Waals surface area contributed by atoms with E-state index in [1.54, 1.807) is 19.1 Å². The Morgan fingerprint density at radius 3 is 2.54 bits per heavy atom. The van der Waals surface area contributed by atoms with Gasteiger partial charge in [0.25, 0.3) is 10.0 Å². The topological polar surface area (TPSA) is 88.0 Å². The number of sulfonamides is 1. The van der Waals surface area contributed by atoms with Gasteiger partial charge in [-0.15, -0.1) is 0 Å². The monoisotopic (exact) mass is 368 g/mol. The van der Waals surface area contributed by atoms with E-state index >= 15 is 0 Å². The average Bonchev–Trinajstić information content (AvgIpc) is 2.56. The lowest BCUT2D eigenvalue weighted by Gasteiger charge is -2.08. The number of hydrazone groups is 1. The molecule has 0 saturated carbocycles.